The minimum absolute atomic E-state index is 0.124. The maximum absolute atomic E-state index is 13.4. The molecule has 1 aromatic carbocycles. The highest BCUT2D eigenvalue weighted by Gasteiger charge is 2.32. The van der Waals surface area contributed by atoms with Crippen molar-refractivity contribution in [2.75, 3.05) is 6.54 Å². The molecule has 1 aliphatic rings. The zero-order chi connectivity index (χ0) is 23.0. The monoisotopic (exact) mass is 444 g/mol. The number of carbonyl (C=O) groups is 1. The lowest BCUT2D eigenvalue weighted by molar-refractivity contribution is 0.0725. The fraction of sp³-hybridized carbons (Fsp3) is 0.300. The van der Waals surface area contributed by atoms with Crippen molar-refractivity contribution >= 4 is 48.5 Å². The molecular formula is C20H26BClN6O3. The summed E-state index contributed by atoms with van der Waals surface area (Å²) in [6, 6.07) is 3.71. The van der Waals surface area contributed by atoms with Crippen LogP contribution in [0.25, 0.3) is 0 Å². The van der Waals surface area contributed by atoms with E-state index in [1.54, 1.807) is 11.8 Å². The first kappa shape index (κ1) is 24.3. The summed E-state index contributed by atoms with van der Waals surface area (Å²) in [7, 11) is -1.75. The van der Waals surface area contributed by atoms with Crippen LogP contribution in [-0.2, 0) is 0 Å². The van der Waals surface area contributed by atoms with Crippen LogP contribution in [0.3, 0.4) is 0 Å². The normalized spacial score (nSPS) is 15.7. The van der Waals surface area contributed by atoms with Crippen LogP contribution in [0.2, 0.25) is 5.02 Å². The summed E-state index contributed by atoms with van der Waals surface area (Å²) in [6.45, 7) is 6.01. The Morgan fingerprint density at radius 1 is 1.35 bits per heavy atom. The minimum Gasteiger partial charge on any atom is -0.423 e. The summed E-state index contributed by atoms with van der Waals surface area (Å²) in [5.74, 6) is 0.439. The van der Waals surface area contributed by atoms with E-state index < -0.39 is 13.2 Å². The van der Waals surface area contributed by atoms with E-state index >= 15 is 0 Å². The largest absolute Gasteiger partial charge is 0.488 e. The third-order valence-corrected chi connectivity index (χ3v) is 4.81. The van der Waals surface area contributed by atoms with E-state index in [0.29, 0.717) is 12.5 Å². The van der Waals surface area contributed by atoms with E-state index in [1.807, 2.05) is 0 Å². The van der Waals surface area contributed by atoms with Crippen molar-refractivity contribution in [3.05, 3.63) is 53.5 Å². The van der Waals surface area contributed by atoms with E-state index in [4.69, 9.17) is 23.1 Å². The number of allylic oxidation sites excluding steroid dienone is 1. The maximum atomic E-state index is 13.4. The number of benzene rings is 1. The van der Waals surface area contributed by atoms with Crippen LogP contribution < -0.4 is 16.9 Å². The Morgan fingerprint density at radius 3 is 2.65 bits per heavy atom. The van der Waals surface area contributed by atoms with Crippen molar-refractivity contribution in [1.82, 2.24) is 4.90 Å². The molecular weight excluding hydrogens is 419 g/mol. The SMILES string of the molecule is C=C(N=C/C=C\N)N=C(N=CN)C(C)N(CC1CC1)C(=O)c1cc(Cl)cc(B(O)O)c1. The second-order valence-electron chi connectivity index (χ2n) is 7.05. The molecule has 31 heavy (non-hydrogen) atoms. The highest BCUT2D eigenvalue weighted by atomic mass is 35.5. The van der Waals surface area contributed by atoms with Crippen LogP contribution in [0.5, 0.6) is 0 Å². The van der Waals surface area contributed by atoms with Gasteiger partial charge in [0.1, 0.15) is 5.82 Å². The number of amides is 1. The summed E-state index contributed by atoms with van der Waals surface area (Å²) >= 11 is 6.08. The van der Waals surface area contributed by atoms with Gasteiger partial charge < -0.3 is 26.4 Å². The second kappa shape index (κ2) is 11.4. The number of carbonyl (C=O) groups excluding carboxylic acids is 1. The van der Waals surface area contributed by atoms with Crippen molar-refractivity contribution in [3.8, 4) is 0 Å². The predicted molar refractivity (Wildman–Crippen MR) is 126 cm³/mol. The Labute approximate surface area is 186 Å². The van der Waals surface area contributed by atoms with E-state index in [2.05, 4.69) is 21.6 Å². The number of nitrogens with zero attached hydrogens (tertiary/aromatic N) is 4. The van der Waals surface area contributed by atoms with Gasteiger partial charge in [0.25, 0.3) is 5.91 Å². The molecule has 0 aromatic heterocycles. The molecule has 1 saturated carbocycles. The van der Waals surface area contributed by atoms with Crippen LogP contribution in [0.15, 0.2) is 57.9 Å². The Morgan fingerprint density at radius 2 is 2.06 bits per heavy atom. The fourth-order valence-electron chi connectivity index (χ4n) is 2.83. The molecule has 1 amide bonds. The summed E-state index contributed by atoms with van der Waals surface area (Å²) in [6.07, 6.45) is 7.39. The molecule has 0 bridgehead atoms. The van der Waals surface area contributed by atoms with Gasteiger partial charge in [0.2, 0.25) is 0 Å². The molecule has 0 saturated heterocycles. The number of amidine groups is 1. The van der Waals surface area contributed by atoms with Crippen LogP contribution >= 0.6 is 11.6 Å². The number of halogens is 1. The van der Waals surface area contributed by atoms with E-state index in [-0.39, 0.29) is 33.6 Å². The van der Waals surface area contributed by atoms with Crippen molar-refractivity contribution in [3.63, 3.8) is 0 Å². The molecule has 1 atom stereocenters. The topological polar surface area (TPSA) is 150 Å². The minimum atomic E-state index is -1.75. The number of nitrogens with two attached hydrogens (primary N) is 2. The molecule has 164 valence electrons. The third-order valence-electron chi connectivity index (χ3n) is 4.59. The molecule has 1 fully saturated rings. The summed E-state index contributed by atoms with van der Waals surface area (Å²) < 4.78 is 0. The Balaban J connectivity index is 2.39. The molecule has 1 aliphatic carbocycles. The van der Waals surface area contributed by atoms with Gasteiger partial charge in [-0.05, 0) is 61.6 Å². The number of rotatable bonds is 9. The average molecular weight is 445 g/mol. The number of hydrogen-bond acceptors (Lipinski definition) is 6. The predicted octanol–water partition coefficient (Wildman–Crippen LogP) is 0.660. The maximum Gasteiger partial charge on any atom is 0.488 e. The Bertz CT molecular complexity index is 927. The quantitative estimate of drug-likeness (QED) is 0.251. The Kier molecular flexibility index (Phi) is 8.98. The van der Waals surface area contributed by atoms with Gasteiger partial charge in [-0.15, -0.1) is 0 Å². The molecule has 1 aromatic rings. The number of hydrogen-bond donors (Lipinski definition) is 4. The zero-order valence-electron chi connectivity index (χ0n) is 17.2. The molecule has 0 radical (unpaired) electrons. The lowest BCUT2D eigenvalue weighted by Gasteiger charge is -2.29. The van der Waals surface area contributed by atoms with Gasteiger partial charge in [-0.3, -0.25) is 4.79 Å². The van der Waals surface area contributed by atoms with Crippen molar-refractivity contribution in [2.45, 2.75) is 25.8 Å². The van der Waals surface area contributed by atoms with Crippen LogP contribution in [0.4, 0.5) is 0 Å². The van der Waals surface area contributed by atoms with Crippen molar-refractivity contribution < 1.29 is 14.8 Å². The van der Waals surface area contributed by atoms with E-state index in [0.717, 1.165) is 19.2 Å². The zero-order valence-corrected chi connectivity index (χ0v) is 18.0. The Hall–Kier alpha value is -2.95. The van der Waals surface area contributed by atoms with Crippen molar-refractivity contribution in [1.29, 1.82) is 0 Å². The van der Waals surface area contributed by atoms with Crippen LogP contribution in [-0.4, -0.2) is 58.9 Å². The second-order valence-corrected chi connectivity index (χ2v) is 7.49. The van der Waals surface area contributed by atoms with Gasteiger partial charge in [0, 0.05) is 23.3 Å². The van der Waals surface area contributed by atoms with E-state index in [9.17, 15) is 14.8 Å². The first-order valence-electron chi connectivity index (χ1n) is 9.67. The van der Waals surface area contributed by atoms with E-state index in [1.165, 1.54) is 36.7 Å². The fourth-order valence-corrected chi connectivity index (χ4v) is 3.08. The van der Waals surface area contributed by atoms with Gasteiger partial charge in [0.15, 0.2) is 5.84 Å². The third kappa shape index (κ3) is 7.35. The molecule has 11 heteroatoms. The van der Waals surface area contributed by atoms with Gasteiger partial charge in [0.05, 0.1) is 12.4 Å². The summed E-state index contributed by atoms with van der Waals surface area (Å²) in [4.78, 5) is 27.4. The lowest BCUT2D eigenvalue weighted by Crippen LogP contribution is -2.44. The first-order valence-corrected chi connectivity index (χ1v) is 10.0. The number of aliphatic imine (C=N–C) groups is 3. The molecule has 6 N–H and O–H groups in total. The molecule has 1 unspecified atom stereocenters. The lowest BCUT2D eigenvalue weighted by atomic mass is 9.79. The van der Waals surface area contributed by atoms with Crippen LogP contribution in [0, 0.1) is 5.92 Å². The molecule has 2 rings (SSSR count). The van der Waals surface area contributed by atoms with Crippen molar-refractivity contribution in [2.24, 2.45) is 32.4 Å². The molecule has 9 nitrogen and oxygen atoms in total. The van der Waals surface area contributed by atoms with Gasteiger partial charge in [-0.25, -0.2) is 15.0 Å². The van der Waals surface area contributed by atoms with Crippen LogP contribution in [0.1, 0.15) is 30.1 Å². The van der Waals surface area contributed by atoms with Gasteiger partial charge in [-0.2, -0.15) is 0 Å². The smallest absolute Gasteiger partial charge is 0.423 e. The standard InChI is InChI=1S/C20H26BClN6O3/c1-13(19(26-12-24)27-14(2)25-7-3-6-23)28(11-15-4-5-15)20(29)16-8-17(21(30)31)10-18(22)9-16/h3,6-10,12-13,15,30-31H,2,4-5,11,23H2,1H3,(H2,24,26,27)/b6-3-,25-7?. The van der Waals surface area contributed by atoms with Gasteiger partial charge >= 0.3 is 7.12 Å². The molecule has 0 aliphatic heterocycles. The highest BCUT2D eigenvalue weighted by molar-refractivity contribution is 6.59. The van der Waals surface area contributed by atoms with Gasteiger partial charge in [-0.1, -0.05) is 18.2 Å². The molecule has 0 heterocycles. The molecule has 0 spiro atoms. The summed E-state index contributed by atoms with van der Waals surface area (Å²) in [5, 5.41) is 19.2. The first-order chi connectivity index (χ1) is 14.8. The highest BCUT2D eigenvalue weighted by Crippen LogP contribution is 2.31. The summed E-state index contributed by atoms with van der Waals surface area (Å²) in [5.41, 5.74) is 11.1. The average Bonchev–Trinajstić information content (AvgIpc) is 3.54.